The summed E-state index contributed by atoms with van der Waals surface area (Å²) in [6.07, 6.45) is 10.8. The summed E-state index contributed by atoms with van der Waals surface area (Å²) in [4.78, 5) is 29.9. The summed E-state index contributed by atoms with van der Waals surface area (Å²) in [5, 5.41) is 13.6. The SMILES string of the molecule is COc1ccncc1-c1nc(C)cc(C(=O)Nc2nc3cc(C4CCN(C5CC5)CC4)ccc3n2C2CCC(C)(O)CC2)c1F. The maximum Gasteiger partial charge on any atom is 0.261 e. The number of carbonyl (C=O) groups excluding carboxylic acids is 1. The van der Waals surface area contributed by atoms with Gasteiger partial charge in [-0.1, -0.05) is 6.07 Å². The third kappa shape index (κ3) is 5.93. The van der Waals surface area contributed by atoms with Gasteiger partial charge < -0.3 is 19.3 Å². The van der Waals surface area contributed by atoms with E-state index in [1.807, 2.05) is 6.92 Å². The normalized spacial score (nSPS) is 22.9. The minimum absolute atomic E-state index is 0.00508. The zero-order chi connectivity index (χ0) is 31.3. The average Bonchev–Trinajstić information content (AvgIpc) is 3.83. The van der Waals surface area contributed by atoms with Crippen LogP contribution in [0.3, 0.4) is 0 Å². The van der Waals surface area contributed by atoms with Crippen molar-refractivity contribution in [1.82, 2.24) is 24.4 Å². The van der Waals surface area contributed by atoms with Crippen LogP contribution in [-0.4, -0.2) is 67.3 Å². The molecule has 1 aliphatic heterocycles. The molecule has 0 unspecified atom stereocenters. The summed E-state index contributed by atoms with van der Waals surface area (Å²) < 4.78 is 23.5. The van der Waals surface area contributed by atoms with E-state index in [1.54, 1.807) is 19.2 Å². The van der Waals surface area contributed by atoms with Gasteiger partial charge in [-0.25, -0.2) is 14.4 Å². The van der Waals surface area contributed by atoms with E-state index >= 15 is 4.39 Å². The Kier molecular flexibility index (Phi) is 7.81. The number of methoxy groups -OCH3 is 1. The number of piperidine rings is 1. The number of aliphatic hydroxyl groups is 1. The predicted octanol–water partition coefficient (Wildman–Crippen LogP) is 6.41. The van der Waals surface area contributed by atoms with Crippen molar-refractivity contribution in [3.63, 3.8) is 0 Å². The molecule has 7 rings (SSSR count). The Bertz CT molecular complexity index is 1730. The van der Waals surface area contributed by atoms with E-state index in [9.17, 15) is 9.90 Å². The Labute approximate surface area is 262 Å². The van der Waals surface area contributed by atoms with Crippen molar-refractivity contribution in [2.75, 3.05) is 25.5 Å². The smallest absolute Gasteiger partial charge is 0.261 e. The summed E-state index contributed by atoms with van der Waals surface area (Å²) in [6.45, 7) is 5.87. The van der Waals surface area contributed by atoms with Crippen molar-refractivity contribution in [2.45, 2.75) is 88.8 Å². The van der Waals surface area contributed by atoms with Crippen molar-refractivity contribution in [2.24, 2.45) is 0 Å². The molecule has 1 aromatic carbocycles. The van der Waals surface area contributed by atoms with Crippen LogP contribution in [0.4, 0.5) is 10.3 Å². The number of nitrogens with one attached hydrogen (secondary N) is 1. The molecular weight excluding hydrogens is 571 g/mol. The molecule has 3 fully saturated rings. The molecule has 3 aromatic heterocycles. The second-order valence-corrected chi connectivity index (χ2v) is 13.3. The van der Waals surface area contributed by atoms with Crippen LogP contribution >= 0.6 is 0 Å². The highest BCUT2D eigenvalue weighted by Crippen LogP contribution is 2.40. The van der Waals surface area contributed by atoms with E-state index < -0.39 is 17.3 Å². The fraction of sp³-hybridized carbons (Fsp3) is 0.486. The highest BCUT2D eigenvalue weighted by Gasteiger charge is 2.34. The van der Waals surface area contributed by atoms with Gasteiger partial charge in [0, 0.05) is 30.2 Å². The summed E-state index contributed by atoms with van der Waals surface area (Å²) in [7, 11) is 1.50. The van der Waals surface area contributed by atoms with Crippen LogP contribution in [0.5, 0.6) is 5.75 Å². The third-order valence-corrected chi connectivity index (χ3v) is 9.99. The minimum atomic E-state index is -0.749. The van der Waals surface area contributed by atoms with Gasteiger partial charge in [0.05, 0.1) is 34.9 Å². The van der Waals surface area contributed by atoms with E-state index in [-0.39, 0.29) is 17.3 Å². The zero-order valence-electron chi connectivity index (χ0n) is 26.2. The van der Waals surface area contributed by atoms with E-state index in [4.69, 9.17) is 9.72 Å². The van der Waals surface area contributed by atoms with Crippen LogP contribution in [-0.2, 0) is 0 Å². The topological polar surface area (TPSA) is 105 Å². The summed E-state index contributed by atoms with van der Waals surface area (Å²) in [5.74, 6) is -0.0714. The molecule has 9 nitrogen and oxygen atoms in total. The summed E-state index contributed by atoms with van der Waals surface area (Å²) in [6, 6.07) is 10.4. The van der Waals surface area contributed by atoms with Crippen molar-refractivity contribution in [1.29, 1.82) is 0 Å². The van der Waals surface area contributed by atoms with Gasteiger partial charge in [-0.05, 0) is 114 Å². The maximum atomic E-state index is 16.0. The fourth-order valence-electron chi connectivity index (χ4n) is 7.26. The van der Waals surface area contributed by atoms with Gasteiger partial charge in [0.25, 0.3) is 5.91 Å². The molecule has 10 heteroatoms. The largest absolute Gasteiger partial charge is 0.496 e. The second kappa shape index (κ2) is 11.8. The van der Waals surface area contributed by atoms with Gasteiger partial charge in [0.1, 0.15) is 11.4 Å². The number of fused-ring (bicyclic) bond motifs is 1. The van der Waals surface area contributed by atoms with Crippen molar-refractivity contribution in [3.8, 4) is 17.0 Å². The second-order valence-electron chi connectivity index (χ2n) is 13.3. The number of aryl methyl sites for hydroxylation is 1. The lowest BCUT2D eigenvalue weighted by molar-refractivity contribution is 0.0106. The van der Waals surface area contributed by atoms with Crippen molar-refractivity contribution in [3.05, 3.63) is 65.4 Å². The quantitative estimate of drug-likeness (QED) is 0.249. The molecule has 3 aliphatic rings. The highest BCUT2D eigenvalue weighted by atomic mass is 19.1. The molecule has 2 saturated carbocycles. The molecule has 45 heavy (non-hydrogen) atoms. The lowest BCUT2D eigenvalue weighted by Crippen LogP contribution is -2.34. The first-order chi connectivity index (χ1) is 21.7. The molecule has 4 aromatic rings. The van der Waals surface area contributed by atoms with E-state index in [2.05, 4.69) is 43.0 Å². The molecular formula is C35H41FN6O3. The first-order valence-corrected chi connectivity index (χ1v) is 16.2. The number of carbonyl (C=O) groups is 1. The van der Waals surface area contributed by atoms with Gasteiger partial charge in [-0.2, -0.15) is 0 Å². The molecule has 0 bridgehead atoms. The molecule has 0 atom stereocenters. The van der Waals surface area contributed by atoms with Gasteiger partial charge in [-0.3, -0.25) is 15.1 Å². The first kappa shape index (κ1) is 29.8. The van der Waals surface area contributed by atoms with Gasteiger partial charge >= 0.3 is 0 Å². The monoisotopic (exact) mass is 612 g/mol. The Morgan fingerprint density at radius 2 is 1.80 bits per heavy atom. The number of amides is 1. The number of likely N-dealkylation sites (tertiary alicyclic amines) is 1. The summed E-state index contributed by atoms with van der Waals surface area (Å²) >= 11 is 0. The zero-order valence-corrected chi connectivity index (χ0v) is 26.2. The van der Waals surface area contributed by atoms with Crippen molar-refractivity contribution >= 4 is 22.9 Å². The minimum Gasteiger partial charge on any atom is -0.496 e. The molecule has 1 saturated heterocycles. The lowest BCUT2D eigenvalue weighted by atomic mass is 9.83. The van der Waals surface area contributed by atoms with Crippen LogP contribution in [0.1, 0.15) is 91.9 Å². The number of benzene rings is 1. The molecule has 0 spiro atoms. The molecule has 0 radical (unpaired) electrons. The molecule has 2 N–H and O–H groups in total. The van der Waals surface area contributed by atoms with Gasteiger partial charge in [0.2, 0.25) is 5.95 Å². The average molecular weight is 613 g/mol. The Morgan fingerprint density at radius 3 is 2.51 bits per heavy atom. The number of hydrogen-bond acceptors (Lipinski definition) is 7. The van der Waals surface area contributed by atoms with E-state index in [0.29, 0.717) is 41.7 Å². The first-order valence-electron chi connectivity index (χ1n) is 16.2. The van der Waals surface area contributed by atoms with E-state index in [1.165, 1.54) is 37.8 Å². The van der Waals surface area contributed by atoms with Gasteiger partial charge in [0.15, 0.2) is 5.82 Å². The number of ether oxygens (including phenoxy) is 1. The fourth-order valence-corrected chi connectivity index (χ4v) is 7.26. The molecule has 1 amide bonds. The van der Waals surface area contributed by atoms with Crippen molar-refractivity contribution < 1.29 is 19.0 Å². The molecule has 236 valence electrons. The maximum absolute atomic E-state index is 16.0. The summed E-state index contributed by atoms with van der Waals surface area (Å²) in [5.41, 5.74) is 3.05. The number of hydrogen-bond donors (Lipinski definition) is 2. The number of pyridine rings is 2. The van der Waals surface area contributed by atoms with Crippen LogP contribution in [0.25, 0.3) is 22.3 Å². The van der Waals surface area contributed by atoms with Gasteiger partial charge in [-0.15, -0.1) is 0 Å². The number of halogens is 1. The molecule has 4 heterocycles. The molecule has 2 aliphatic carbocycles. The lowest BCUT2D eigenvalue weighted by Gasteiger charge is -2.34. The van der Waals surface area contributed by atoms with Crippen LogP contribution in [0, 0.1) is 12.7 Å². The Morgan fingerprint density at radius 1 is 1.04 bits per heavy atom. The number of anilines is 1. The standard InChI is InChI=1S/C35H41FN6O3/c1-21-18-26(31(36)32(38-21)27-20-37-15-10-30(27)45-3)33(43)40-34-39-28-19-23(22-11-16-41(17-12-22)24-5-6-24)4-7-29(28)42(34)25-8-13-35(2,44)14-9-25/h4,7,10,15,18-20,22,24-25,44H,5-6,8-9,11-14,16-17H2,1-3H3,(H,39,40,43). The predicted molar refractivity (Wildman–Crippen MR) is 171 cm³/mol. The van der Waals surface area contributed by atoms with E-state index in [0.717, 1.165) is 55.8 Å². The number of nitrogens with zero attached hydrogens (tertiary/aromatic N) is 5. The number of rotatable bonds is 7. The Balaban J connectivity index is 1.23. The van der Waals surface area contributed by atoms with Crippen LogP contribution in [0.2, 0.25) is 0 Å². The van der Waals surface area contributed by atoms with Crippen LogP contribution < -0.4 is 10.1 Å². The highest BCUT2D eigenvalue weighted by molar-refractivity contribution is 6.05. The third-order valence-electron chi connectivity index (χ3n) is 9.99. The Hall–Kier alpha value is -3.89. The number of imidazole rings is 1. The number of aromatic nitrogens is 4. The van der Waals surface area contributed by atoms with Crippen LogP contribution in [0.15, 0.2) is 42.7 Å².